The van der Waals surface area contributed by atoms with Crippen molar-refractivity contribution in [3.63, 3.8) is 0 Å². The lowest BCUT2D eigenvalue weighted by Gasteiger charge is -1.97. The molecule has 0 aliphatic carbocycles. The normalized spacial score (nSPS) is 9.06. The van der Waals surface area contributed by atoms with E-state index in [1.807, 2.05) is 0 Å². The lowest BCUT2D eigenvalue weighted by Crippen LogP contribution is -2.13. The summed E-state index contributed by atoms with van der Waals surface area (Å²) in [4.78, 5) is 22.2. The monoisotopic (exact) mass is 231 g/mol. The first kappa shape index (κ1) is 12.9. The molecule has 0 unspecified atom stereocenters. The van der Waals surface area contributed by atoms with Gasteiger partial charge in [0, 0.05) is 17.0 Å². The summed E-state index contributed by atoms with van der Waals surface area (Å²) < 4.78 is 4.66. The molecule has 0 aliphatic heterocycles. The Hall–Kier alpha value is -2.12. The number of benzene rings is 1. The molecule has 0 atom stereocenters. The maximum Gasteiger partial charge on any atom is 0.384 e. The van der Waals surface area contributed by atoms with Crippen LogP contribution in [0.2, 0.25) is 0 Å². The molecule has 0 radical (unpaired) electrons. The van der Waals surface area contributed by atoms with Gasteiger partial charge in [0.2, 0.25) is 0 Å². The Balaban J connectivity index is 2.75. The third-order valence-electron chi connectivity index (χ3n) is 1.98. The summed E-state index contributed by atoms with van der Waals surface area (Å²) in [7, 11) is 0. The third kappa shape index (κ3) is 4.09. The van der Waals surface area contributed by atoms with E-state index in [4.69, 9.17) is 5.73 Å². The van der Waals surface area contributed by atoms with E-state index in [0.29, 0.717) is 17.7 Å². The zero-order chi connectivity index (χ0) is 12.7. The maximum absolute atomic E-state index is 11.2. The number of nitrogens with two attached hydrogens (primary N) is 1. The highest BCUT2D eigenvalue weighted by Gasteiger charge is 2.01. The van der Waals surface area contributed by atoms with E-state index in [0.717, 1.165) is 0 Å². The first-order valence-electron chi connectivity index (χ1n) is 5.19. The van der Waals surface area contributed by atoms with Crippen LogP contribution in [0.25, 0.3) is 0 Å². The van der Waals surface area contributed by atoms with E-state index < -0.39 is 5.97 Å². The molecule has 1 aromatic carbocycles. The van der Waals surface area contributed by atoms with Crippen LogP contribution in [0.1, 0.15) is 22.8 Å². The Kier molecular flexibility index (Phi) is 4.92. The second-order valence-electron chi connectivity index (χ2n) is 3.18. The Morgan fingerprint density at radius 2 is 1.94 bits per heavy atom. The number of carbonyl (C=O) groups excluding carboxylic acids is 2. The van der Waals surface area contributed by atoms with E-state index in [1.54, 1.807) is 31.2 Å². The zero-order valence-electron chi connectivity index (χ0n) is 9.53. The zero-order valence-corrected chi connectivity index (χ0v) is 9.53. The topological polar surface area (TPSA) is 69.4 Å². The maximum atomic E-state index is 11.2. The Bertz CT molecular complexity index is 466. The van der Waals surface area contributed by atoms with Crippen molar-refractivity contribution in [2.24, 2.45) is 5.73 Å². The van der Waals surface area contributed by atoms with E-state index in [1.165, 1.54) is 0 Å². The molecule has 0 heterocycles. The highest BCUT2D eigenvalue weighted by molar-refractivity contribution is 5.97. The van der Waals surface area contributed by atoms with E-state index in [9.17, 15) is 9.59 Å². The van der Waals surface area contributed by atoms with Gasteiger partial charge in [-0.05, 0) is 19.1 Å². The number of hydrogen-bond donors (Lipinski definition) is 1. The van der Waals surface area contributed by atoms with Crippen LogP contribution in [0, 0.1) is 11.8 Å². The minimum absolute atomic E-state index is 0.0200. The predicted molar refractivity (Wildman–Crippen MR) is 63.3 cm³/mol. The molecule has 1 rings (SSSR count). The van der Waals surface area contributed by atoms with E-state index in [-0.39, 0.29) is 12.3 Å². The van der Waals surface area contributed by atoms with Crippen molar-refractivity contribution in [1.82, 2.24) is 0 Å². The summed E-state index contributed by atoms with van der Waals surface area (Å²) >= 11 is 0. The second-order valence-corrected chi connectivity index (χ2v) is 3.18. The van der Waals surface area contributed by atoms with Gasteiger partial charge in [0.25, 0.3) is 0 Å². The number of ketones is 1. The molecule has 4 nitrogen and oxygen atoms in total. The van der Waals surface area contributed by atoms with Crippen molar-refractivity contribution in [2.75, 3.05) is 13.2 Å². The van der Waals surface area contributed by atoms with Crippen LogP contribution in [0.3, 0.4) is 0 Å². The van der Waals surface area contributed by atoms with Gasteiger partial charge in [0.15, 0.2) is 5.78 Å². The molecule has 0 spiro atoms. The standard InChI is InChI=1S/C13H13NO3/c1-2-17-13(16)8-5-10-3-6-11(7-4-10)12(15)9-14/h3-4,6-7H,2,9,14H2,1H3. The summed E-state index contributed by atoms with van der Waals surface area (Å²) in [6.07, 6.45) is 0. The summed E-state index contributed by atoms with van der Waals surface area (Å²) in [6.45, 7) is 2.00. The molecule has 0 aliphatic rings. The fourth-order valence-corrected chi connectivity index (χ4v) is 1.15. The van der Waals surface area contributed by atoms with Gasteiger partial charge in [0.1, 0.15) is 0 Å². The number of hydrogen-bond acceptors (Lipinski definition) is 4. The Morgan fingerprint density at radius 1 is 1.29 bits per heavy atom. The van der Waals surface area contributed by atoms with Crippen LogP contribution >= 0.6 is 0 Å². The summed E-state index contributed by atoms with van der Waals surface area (Å²) in [5, 5.41) is 0. The van der Waals surface area contributed by atoms with Crippen molar-refractivity contribution in [2.45, 2.75) is 6.92 Å². The molecule has 88 valence electrons. The molecule has 0 amide bonds. The van der Waals surface area contributed by atoms with Gasteiger partial charge in [-0.15, -0.1) is 0 Å². The molecule has 1 aromatic rings. The number of rotatable bonds is 3. The van der Waals surface area contributed by atoms with Crippen LogP contribution in [0.15, 0.2) is 24.3 Å². The van der Waals surface area contributed by atoms with Crippen molar-refractivity contribution in [1.29, 1.82) is 0 Å². The van der Waals surface area contributed by atoms with Crippen LogP contribution in [0.5, 0.6) is 0 Å². The summed E-state index contributed by atoms with van der Waals surface area (Å²) in [6, 6.07) is 6.58. The van der Waals surface area contributed by atoms with Crippen LogP contribution in [0.4, 0.5) is 0 Å². The van der Waals surface area contributed by atoms with Crippen molar-refractivity contribution < 1.29 is 14.3 Å². The van der Waals surface area contributed by atoms with E-state index in [2.05, 4.69) is 16.6 Å². The predicted octanol–water partition coefficient (Wildman–Crippen LogP) is 0.743. The summed E-state index contributed by atoms with van der Waals surface area (Å²) in [5.74, 6) is 4.30. The van der Waals surface area contributed by atoms with Gasteiger partial charge in [-0.3, -0.25) is 4.79 Å². The largest absolute Gasteiger partial charge is 0.456 e. The molecule has 2 N–H and O–H groups in total. The van der Waals surface area contributed by atoms with Crippen molar-refractivity contribution in [3.8, 4) is 11.8 Å². The molecule has 17 heavy (non-hydrogen) atoms. The molecule has 0 saturated carbocycles. The van der Waals surface area contributed by atoms with Crippen LogP contribution in [-0.4, -0.2) is 24.9 Å². The van der Waals surface area contributed by atoms with Gasteiger partial charge in [0.05, 0.1) is 13.2 Å². The fourth-order valence-electron chi connectivity index (χ4n) is 1.15. The second kappa shape index (κ2) is 6.46. The number of esters is 1. The quantitative estimate of drug-likeness (QED) is 0.473. The molecular weight excluding hydrogens is 218 g/mol. The first-order valence-corrected chi connectivity index (χ1v) is 5.19. The third-order valence-corrected chi connectivity index (χ3v) is 1.98. The SMILES string of the molecule is CCOC(=O)C#Cc1ccc(C(=O)CN)cc1. The van der Waals surface area contributed by atoms with Crippen molar-refractivity contribution in [3.05, 3.63) is 35.4 Å². The van der Waals surface area contributed by atoms with Crippen molar-refractivity contribution >= 4 is 11.8 Å². The fraction of sp³-hybridized carbons (Fsp3) is 0.231. The number of carbonyl (C=O) groups is 2. The van der Waals surface area contributed by atoms with Gasteiger partial charge in [-0.1, -0.05) is 18.1 Å². The van der Waals surface area contributed by atoms with Crippen LogP contribution in [-0.2, 0) is 9.53 Å². The Morgan fingerprint density at radius 3 is 2.47 bits per heavy atom. The molecule has 0 fully saturated rings. The van der Waals surface area contributed by atoms with Gasteiger partial charge in [-0.25, -0.2) is 4.79 Å². The van der Waals surface area contributed by atoms with Gasteiger partial charge >= 0.3 is 5.97 Å². The van der Waals surface area contributed by atoms with E-state index >= 15 is 0 Å². The lowest BCUT2D eigenvalue weighted by molar-refractivity contribution is -0.136. The lowest BCUT2D eigenvalue weighted by atomic mass is 10.1. The molecule has 0 aromatic heterocycles. The Labute approximate surface area is 99.8 Å². The van der Waals surface area contributed by atoms with Gasteiger partial charge < -0.3 is 10.5 Å². The minimum Gasteiger partial charge on any atom is -0.456 e. The number of Topliss-reactive ketones (excluding diaryl/α,β-unsaturated/α-hetero) is 1. The minimum atomic E-state index is -0.561. The molecule has 0 bridgehead atoms. The highest BCUT2D eigenvalue weighted by atomic mass is 16.5. The smallest absolute Gasteiger partial charge is 0.384 e. The average molecular weight is 231 g/mol. The first-order chi connectivity index (χ1) is 8.17. The molecular formula is C13H13NO3. The summed E-state index contributed by atoms with van der Waals surface area (Å²) in [5.41, 5.74) is 6.42. The van der Waals surface area contributed by atoms with Gasteiger partial charge in [-0.2, -0.15) is 0 Å². The molecule has 0 saturated heterocycles. The highest BCUT2D eigenvalue weighted by Crippen LogP contribution is 2.03. The average Bonchev–Trinajstić information content (AvgIpc) is 2.36. The van der Waals surface area contributed by atoms with Crippen LogP contribution < -0.4 is 5.73 Å². The number of ether oxygens (including phenoxy) is 1. The molecule has 4 heteroatoms.